The first kappa shape index (κ1) is 13.8. The van der Waals surface area contributed by atoms with Crippen LogP contribution in [0.1, 0.15) is 31.7 Å². The fourth-order valence-electron chi connectivity index (χ4n) is 2.23. The molecule has 1 saturated heterocycles. The van der Waals surface area contributed by atoms with Crippen LogP contribution in [0.15, 0.2) is 42.2 Å². The molecular formula is C15H23NO. The molecule has 94 valence electrons. The van der Waals surface area contributed by atoms with Gasteiger partial charge in [-0.15, -0.1) is 0 Å². The minimum atomic E-state index is 0.396. The van der Waals surface area contributed by atoms with Crippen molar-refractivity contribution in [1.82, 2.24) is 4.90 Å². The number of aliphatic hydroxyl groups is 1. The van der Waals surface area contributed by atoms with Crippen molar-refractivity contribution >= 4 is 0 Å². The Morgan fingerprint density at radius 3 is 2.47 bits per heavy atom. The van der Waals surface area contributed by atoms with Crippen molar-refractivity contribution in [3.63, 3.8) is 0 Å². The number of likely N-dealkylation sites (N-methyl/N-ethyl adjacent to an activating group) is 1. The molecule has 1 aliphatic rings. The largest absolute Gasteiger partial charge is 0.516 e. The fraction of sp³-hybridized carbons (Fsp3) is 0.467. The second-order valence-electron chi connectivity index (χ2n) is 4.19. The third kappa shape index (κ3) is 3.60. The van der Waals surface area contributed by atoms with Crippen molar-refractivity contribution in [2.24, 2.45) is 0 Å². The van der Waals surface area contributed by atoms with Crippen LogP contribution in [0, 0.1) is 0 Å². The molecule has 2 heteroatoms. The van der Waals surface area contributed by atoms with E-state index < -0.39 is 0 Å². The Morgan fingerprint density at radius 1 is 1.24 bits per heavy atom. The fourth-order valence-corrected chi connectivity index (χ4v) is 2.23. The third-order valence-electron chi connectivity index (χ3n) is 3.07. The van der Waals surface area contributed by atoms with Crippen LogP contribution in [0.3, 0.4) is 0 Å². The first-order valence-electron chi connectivity index (χ1n) is 6.38. The van der Waals surface area contributed by atoms with Crippen LogP contribution in [-0.4, -0.2) is 30.1 Å². The molecule has 0 amide bonds. The van der Waals surface area contributed by atoms with Crippen LogP contribution in [0.4, 0.5) is 0 Å². The van der Waals surface area contributed by atoms with Gasteiger partial charge in [0.25, 0.3) is 0 Å². The lowest BCUT2D eigenvalue weighted by Crippen LogP contribution is -2.31. The average molecular weight is 233 g/mol. The molecule has 17 heavy (non-hydrogen) atoms. The molecule has 2 rings (SSSR count). The summed E-state index contributed by atoms with van der Waals surface area (Å²) in [6, 6.07) is 10.4. The molecule has 1 heterocycles. The van der Waals surface area contributed by atoms with Crippen molar-refractivity contribution in [1.29, 1.82) is 0 Å². The topological polar surface area (TPSA) is 23.5 Å². The van der Waals surface area contributed by atoms with E-state index in [0.29, 0.717) is 5.92 Å². The van der Waals surface area contributed by atoms with E-state index in [4.69, 9.17) is 0 Å². The van der Waals surface area contributed by atoms with Gasteiger partial charge in [0.2, 0.25) is 0 Å². The van der Waals surface area contributed by atoms with Crippen molar-refractivity contribution in [2.75, 3.05) is 20.1 Å². The van der Waals surface area contributed by atoms with E-state index in [1.807, 2.05) is 19.9 Å². The van der Waals surface area contributed by atoms with E-state index in [-0.39, 0.29) is 0 Å². The molecule has 0 saturated carbocycles. The van der Waals surface area contributed by atoms with Crippen molar-refractivity contribution in [3.8, 4) is 0 Å². The van der Waals surface area contributed by atoms with Crippen molar-refractivity contribution < 1.29 is 5.11 Å². The smallest absolute Gasteiger partial charge is 0.0802 e. The van der Waals surface area contributed by atoms with Gasteiger partial charge in [-0.2, -0.15) is 0 Å². The molecule has 0 aromatic heterocycles. The number of nitrogens with zero attached hydrogens (tertiary/aromatic N) is 1. The lowest BCUT2D eigenvalue weighted by atomic mass is 9.86. The lowest BCUT2D eigenvalue weighted by Gasteiger charge is -2.31. The Hall–Kier alpha value is -1.28. The van der Waals surface area contributed by atoms with Crippen LogP contribution >= 0.6 is 0 Å². The van der Waals surface area contributed by atoms with Gasteiger partial charge in [0.05, 0.1) is 6.26 Å². The van der Waals surface area contributed by atoms with E-state index >= 15 is 0 Å². The Labute approximate surface area is 105 Å². The highest BCUT2D eigenvalue weighted by molar-refractivity contribution is 5.30. The van der Waals surface area contributed by atoms with Gasteiger partial charge in [-0.3, -0.25) is 0 Å². The highest BCUT2D eigenvalue weighted by Crippen LogP contribution is 2.31. The van der Waals surface area contributed by atoms with Crippen molar-refractivity contribution in [2.45, 2.75) is 26.2 Å². The highest BCUT2D eigenvalue weighted by Gasteiger charge is 2.23. The zero-order valence-electron chi connectivity index (χ0n) is 11.1. The van der Waals surface area contributed by atoms with Gasteiger partial charge in [-0.05, 0) is 31.1 Å². The Morgan fingerprint density at radius 2 is 1.88 bits per heavy atom. The Bertz CT molecular complexity index is 345. The summed E-state index contributed by atoms with van der Waals surface area (Å²) >= 11 is 0. The molecule has 1 N–H and O–H groups in total. The summed E-state index contributed by atoms with van der Waals surface area (Å²) in [6.07, 6.45) is 2.38. The number of rotatable bonds is 1. The van der Waals surface area contributed by atoms with Crippen molar-refractivity contribution in [3.05, 3.63) is 47.7 Å². The molecule has 0 unspecified atom stereocenters. The van der Waals surface area contributed by atoms with E-state index in [1.54, 1.807) is 0 Å². The number of aliphatic hydroxyl groups excluding tert-OH is 1. The van der Waals surface area contributed by atoms with Crippen LogP contribution in [0.5, 0.6) is 0 Å². The monoisotopic (exact) mass is 233 g/mol. The molecule has 1 aromatic carbocycles. The number of hydrogen-bond donors (Lipinski definition) is 1. The number of benzene rings is 1. The number of likely N-dealkylation sites (tertiary alicyclic amines) is 1. The minimum absolute atomic E-state index is 0.396. The van der Waals surface area contributed by atoms with E-state index in [2.05, 4.69) is 36.2 Å². The zero-order valence-corrected chi connectivity index (χ0v) is 11.1. The maximum absolute atomic E-state index is 9.25. The Kier molecular flexibility index (Phi) is 5.78. The van der Waals surface area contributed by atoms with Crippen LogP contribution in [-0.2, 0) is 0 Å². The third-order valence-corrected chi connectivity index (χ3v) is 3.07. The first-order valence-corrected chi connectivity index (χ1v) is 6.38. The summed E-state index contributed by atoms with van der Waals surface area (Å²) in [5.74, 6) is 0.396. The summed E-state index contributed by atoms with van der Waals surface area (Å²) in [6.45, 7) is 5.97. The van der Waals surface area contributed by atoms with Gasteiger partial charge in [0.1, 0.15) is 0 Å². The molecule has 1 fully saturated rings. The minimum Gasteiger partial charge on any atom is -0.516 e. The molecule has 0 bridgehead atoms. The van der Waals surface area contributed by atoms with E-state index in [1.165, 1.54) is 11.8 Å². The molecule has 0 spiro atoms. The van der Waals surface area contributed by atoms with Gasteiger partial charge < -0.3 is 10.0 Å². The Balaban J connectivity index is 0.000000686. The average Bonchev–Trinajstić information content (AvgIpc) is 2.42. The summed E-state index contributed by atoms with van der Waals surface area (Å²) in [7, 11) is 2.09. The van der Waals surface area contributed by atoms with Gasteiger partial charge in [-0.1, -0.05) is 44.2 Å². The highest BCUT2D eigenvalue weighted by atomic mass is 16.2. The first-order chi connectivity index (χ1) is 8.31. The predicted molar refractivity (Wildman–Crippen MR) is 73.4 cm³/mol. The summed E-state index contributed by atoms with van der Waals surface area (Å²) in [5, 5.41) is 9.25. The zero-order chi connectivity index (χ0) is 12.7. The van der Waals surface area contributed by atoms with Crippen LogP contribution in [0.2, 0.25) is 0 Å². The standard InChI is InChI=1S/C13H17NO.C2H6/c1-14-8-7-13(12(9-14)10-15)11-5-3-2-4-6-11;1-2/h2-6,10,13,15H,7-9H2,1H3;1-2H3/b12-10-;/t13-;/m1./s1. The summed E-state index contributed by atoms with van der Waals surface area (Å²) in [5.41, 5.74) is 2.43. The molecule has 0 radical (unpaired) electrons. The molecular weight excluding hydrogens is 210 g/mol. The van der Waals surface area contributed by atoms with Gasteiger partial charge in [-0.25, -0.2) is 0 Å². The molecule has 1 aliphatic heterocycles. The molecule has 1 atom stereocenters. The van der Waals surface area contributed by atoms with Gasteiger partial charge >= 0.3 is 0 Å². The van der Waals surface area contributed by atoms with Gasteiger partial charge in [0, 0.05) is 12.5 Å². The van der Waals surface area contributed by atoms with E-state index in [0.717, 1.165) is 25.1 Å². The maximum atomic E-state index is 9.25. The number of piperidine rings is 1. The predicted octanol–water partition coefficient (Wildman–Crippen LogP) is 3.57. The molecule has 1 aromatic rings. The van der Waals surface area contributed by atoms with Crippen LogP contribution in [0.25, 0.3) is 0 Å². The second kappa shape index (κ2) is 7.13. The SMILES string of the molecule is CC.CN1CC[C@H](c2ccccc2)/C(=C\O)C1. The molecule has 0 aliphatic carbocycles. The normalized spacial score (nSPS) is 23.0. The molecule has 2 nitrogen and oxygen atoms in total. The number of hydrogen-bond acceptors (Lipinski definition) is 2. The maximum Gasteiger partial charge on any atom is 0.0802 e. The van der Waals surface area contributed by atoms with E-state index in [9.17, 15) is 5.11 Å². The quantitative estimate of drug-likeness (QED) is 0.749. The summed E-state index contributed by atoms with van der Waals surface area (Å²) in [4.78, 5) is 2.24. The van der Waals surface area contributed by atoms with Crippen LogP contribution < -0.4 is 0 Å². The van der Waals surface area contributed by atoms with Gasteiger partial charge in [0.15, 0.2) is 0 Å². The lowest BCUT2D eigenvalue weighted by molar-refractivity contribution is 0.297. The summed E-state index contributed by atoms with van der Waals surface area (Å²) < 4.78 is 0. The second-order valence-corrected chi connectivity index (χ2v) is 4.19.